The molecule has 9 nitrogen and oxygen atoms in total. The molecule has 0 amide bonds. The van der Waals surface area contributed by atoms with Crippen molar-refractivity contribution in [2.45, 2.75) is 155 Å². The molecule has 0 saturated heterocycles. The SMILES string of the molecule is CC/C=C\C/C=C\C/C=C\C/C=C\C/C=C\CC(=O)OC(COC(=O)CCCCCCCCC/C=C\C/C=C\CCCCC)COC(OCC[N+](C)(C)C)C(=O)[O-]. The maximum Gasteiger partial charge on any atom is 0.310 e. The van der Waals surface area contributed by atoms with Gasteiger partial charge in [0.1, 0.15) is 13.2 Å². The summed E-state index contributed by atoms with van der Waals surface area (Å²) in [5.41, 5.74) is 0. The van der Waals surface area contributed by atoms with Crippen LogP contribution in [0, 0.1) is 0 Å². The highest BCUT2D eigenvalue weighted by molar-refractivity contribution is 5.71. The number of hydrogen-bond donors (Lipinski definition) is 0. The third-order valence-corrected chi connectivity index (χ3v) is 8.66. The van der Waals surface area contributed by atoms with Gasteiger partial charge in [0, 0.05) is 6.42 Å². The van der Waals surface area contributed by atoms with Crippen LogP contribution in [0.15, 0.2) is 85.1 Å². The Labute approximate surface area is 347 Å². The Morgan fingerprint density at radius 3 is 1.58 bits per heavy atom. The number of aliphatic carboxylic acids is 1. The molecule has 2 unspecified atom stereocenters. The number of carbonyl (C=O) groups is 3. The summed E-state index contributed by atoms with van der Waals surface area (Å²) < 4.78 is 22.4. The van der Waals surface area contributed by atoms with E-state index in [0.29, 0.717) is 23.9 Å². The van der Waals surface area contributed by atoms with Crippen molar-refractivity contribution in [2.24, 2.45) is 0 Å². The van der Waals surface area contributed by atoms with Gasteiger partial charge in [0.15, 0.2) is 12.4 Å². The Kier molecular flexibility index (Phi) is 36.9. The monoisotopic (exact) mass is 798 g/mol. The molecule has 0 aromatic heterocycles. The zero-order valence-corrected chi connectivity index (χ0v) is 36.4. The van der Waals surface area contributed by atoms with E-state index in [2.05, 4.69) is 80.7 Å². The first-order chi connectivity index (χ1) is 27.6. The van der Waals surface area contributed by atoms with Crippen LogP contribution >= 0.6 is 0 Å². The zero-order valence-electron chi connectivity index (χ0n) is 36.4. The minimum atomic E-state index is -1.65. The van der Waals surface area contributed by atoms with Crippen molar-refractivity contribution in [1.82, 2.24) is 0 Å². The molecule has 0 aromatic carbocycles. The summed E-state index contributed by atoms with van der Waals surface area (Å²) in [5.74, 6) is -2.48. The minimum absolute atomic E-state index is 0.00936. The molecular weight excluding hydrogens is 719 g/mol. The van der Waals surface area contributed by atoms with Crippen LogP contribution in [0.2, 0.25) is 0 Å². The Morgan fingerprint density at radius 2 is 1.05 bits per heavy atom. The number of unbranched alkanes of at least 4 members (excludes halogenated alkanes) is 10. The van der Waals surface area contributed by atoms with Gasteiger partial charge in [-0.2, -0.15) is 0 Å². The molecular formula is C48H79NO8. The van der Waals surface area contributed by atoms with Gasteiger partial charge in [-0.15, -0.1) is 0 Å². The second-order valence-electron chi connectivity index (χ2n) is 15.3. The molecule has 0 spiro atoms. The van der Waals surface area contributed by atoms with Crippen LogP contribution < -0.4 is 5.11 Å². The molecule has 0 aliphatic rings. The molecule has 0 aliphatic carbocycles. The maximum absolute atomic E-state index is 12.7. The van der Waals surface area contributed by atoms with Gasteiger partial charge in [-0.1, -0.05) is 144 Å². The highest BCUT2D eigenvalue weighted by atomic mass is 16.7. The number of allylic oxidation sites excluding steroid dienone is 13. The van der Waals surface area contributed by atoms with Crippen LogP contribution in [0.25, 0.3) is 0 Å². The Balaban J connectivity index is 4.61. The van der Waals surface area contributed by atoms with Crippen LogP contribution in [-0.4, -0.2) is 82.3 Å². The lowest BCUT2D eigenvalue weighted by atomic mass is 10.1. The van der Waals surface area contributed by atoms with Crippen LogP contribution in [0.4, 0.5) is 0 Å². The highest BCUT2D eigenvalue weighted by Gasteiger charge is 2.21. The van der Waals surface area contributed by atoms with Gasteiger partial charge in [0.2, 0.25) is 0 Å². The van der Waals surface area contributed by atoms with Gasteiger partial charge in [-0.25, -0.2) is 0 Å². The molecule has 57 heavy (non-hydrogen) atoms. The van der Waals surface area contributed by atoms with Gasteiger partial charge in [-0.05, 0) is 70.6 Å². The van der Waals surface area contributed by atoms with Crippen molar-refractivity contribution in [2.75, 3.05) is 47.5 Å². The second kappa shape index (κ2) is 39.3. The number of rotatable bonds is 38. The maximum atomic E-state index is 12.7. The molecule has 0 N–H and O–H groups in total. The Morgan fingerprint density at radius 1 is 0.561 bits per heavy atom. The van der Waals surface area contributed by atoms with Crippen LogP contribution in [0.3, 0.4) is 0 Å². The Hall–Kier alpha value is -3.53. The first-order valence-electron chi connectivity index (χ1n) is 21.7. The number of ether oxygens (including phenoxy) is 4. The number of hydrogen-bond acceptors (Lipinski definition) is 8. The summed E-state index contributed by atoms with van der Waals surface area (Å²) in [6.45, 7) is 4.44. The fourth-order valence-electron chi connectivity index (χ4n) is 5.29. The van der Waals surface area contributed by atoms with E-state index in [0.717, 1.165) is 57.8 Å². The molecule has 324 valence electrons. The van der Waals surface area contributed by atoms with E-state index in [-0.39, 0.29) is 32.7 Å². The van der Waals surface area contributed by atoms with E-state index < -0.39 is 30.3 Å². The van der Waals surface area contributed by atoms with E-state index in [1.54, 1.807) is 6.08 Å². The summed E-state index contributed by atoms with van der Waals surface area (Å²) in [5, 5.41) is 11.7. The molecule has 0 fully saturated rings. The summed E-state index contributed by atoms with van der Waals surface area (Å²) in [6.07, 6.45) is 46.4. The van der Waals surface area contributed by atoms with Gasteiger partial charge >= 0.3 is 11.9 Å². The number of carboxylic acid groups (broad SMARTS) is 1. The quantitative estimate of drug-likeness (QED) is 0.0200. The van der Waals surface area contributed by atoms with Gasteiger partial charge < -0.3 is 33.3 Å². The number of carboxylic acids is 1. The van der Waals surface area contributed by atoms with E-state index >= 15 is 0 Å². The van der Waals surface area contributed by atoms with Crippen molar-refractivity contribution in [3.8, 4) is 0 Å². The lowest BCUT2D eigenvalue weighted by Gasteiger charge is -2.26. The first kappa shape index (κ1) is 53.5. The summed E-state index contributed by atoms with van der Waals surface area (Å²) in [7, 11) is 5.86. The third kappa shape index (κ3) is 40.5. The molecule has 2 atom stereocenters. The molecule has 0 bridgehead atoms. The number of esters is 2. The first-order valence-corrected chi connectivity index (χ1v) is 21.7. The smallest absolute Gasteiger partial charge is 0.310 e. The van der Waals surface area contributed by atoms with E-state index in [1.807, 2.05) is 33.3 Å². The zero-order chi connectivity index (χ0) is 42.1. The van der Waals surface area contributed by atoms with Crippen molar-refractivity contribution < 1.29 is 42.9 Å². The van der Waals surface area contributed by atoms with Gasteiger partial charge in [0.05, 0.1) is 46.7 Å². The van der Waals surface area contributed by atoms with E-state index in [9.17, 15) is 19.5 Å². The molecule has 0 heterocycles. The number of nitrogens with zero attached hydrogens (tertiary/aromatic N) is 1. The molecule has 0 radical (unpaired) electrons. The van der Waals surface area contributed by atoms with E-state index in [1.165, 1.54) is 44.9 Å². The van der Waals surface area contributed by atoms with Gasteiger partial charge in [0.25, 0.3) is 0 Å². The van der Waals surface area contributed by atoms with Crippen molar-refractivity contribution >= 4 is 17.9 Å². The van der Waals surface area contributed by atoms with E-state index in [4.69, 9.17) is 18.9 Å². The molecule has 0 aliphatic heterocycles. The molecule has 0 rings (SSSR count). The summed E-state index contributed by atoms with van der Waals surface area (Å²) >= 11 is 0. The highest BCUT2D eigenvalue weighted by Crippen LogP contribution is 2.12. The number of quaternary nitrogens is 1. The lowest BCUT2D eigenvalue weighted by Crippen LogP contribution is -2.44. The fourth-order valence-corrected chi connectivity index (χ4v) is 5.29. The lowest BCUT2D eigenvalue weighted by molar-refractivity contribution is -0.870. The average molecular weight is 798 g/mol. The minimum Gasteiger partial charge on any atom is -0.545 e. The predicted molar refractivity (Wildman–Crippen MR) is 232 cm³/mol. The Bertz CT molecular complexity index is 1210. The van der Waals surface area contributed by atoms with Crippen LogP contribution in [0.1, 0.15) is 142 Å². The van der Waals surface area contributed by atoms with Gasteiger partial charge in [-0.3, -0.25) is 9.59 Å². The van der Waals surface area contributed by atoms with Crippen LogP contribution in [-0.2, 0) is 33.3 Å². The summed E-state index contributed by atoms with van der Waals surface area (Å²) in [4.78, 5) is 36.9. The normalized spacial score (nSPS) is 13.8. The second-order valence-corrected chi connectivity index (χ2v) is 15.3. The van der Waals surface area contributed by atoms with Crippen molar-refractivity contribution in [3.05, 3.63) is 85.1 Å². The topological polar surface area (TPSA) is 111 Å². The molecule has 9 heteroatoms. The molecule has 0 saturated carbocycles. The van der Waals surface area contributed by atoms with Crippen molar-refractivity contribution in [3.63, 3.8) is 0 Å². The predicted octanol–water partition coefficient (Wildman–Crippen LogP) is 9.99. The number of likely N-dealkylation sites (N-methyl/N-ethyl adjacent to an activating group) is 1. The van der Waals surface area contributed by atoms with Crippen LogP contribution in [0.5, 0.6) is 0 Å². The fraction of sp³-hybridized carbons (Fsp3) is 0.646. The third-order valence-electron chi connectivity index (χ3n) is 8.66. The standard InChI is InChI=1S/C48H79NO8/c1-6-8-10-12-14-16-18-20-22-23-25-26-28-30-32-34-36-38-45(50)55-42-44(43-56-48(47(52)53)54-41-40-49(3,4)5)57-46(51)39-37-35-33-31-29-27-24-21-19-17-15-13-11-9-7-2/h9,11,14-17,20-22,24,29,31,35,37,44,48H,6-8,10,12-13,18-19,23,25-28,30,32-34,36,38-43H2,1-5H3/b11-9-,16-14-,17-15-,22-20-,24-21-,31-29-,37-35-. The summed E-state index contributed by atoms with van der Waals surface area (Å²) in [6, 6.07) is 0. The number of carbonyl (C=O) groups excluding carboxylic acids is 3. The van der Waals surface area contributed by atoms with Crippen molar-refractivity contribution in [1.29, 1.82) is 0 Å². The molecule has 0 aromatic rings. The largest absolute Gasteiger partial charge is 0.545 e. The average Bonchev–Trinajstić information content (AvgIpc) is 3.17.